The molecule has 84 valence electrons. The molecule has 0 radical (unpaired) electrons. The zero-order chi connectivity index (χ0) is 11.7. The minimum absolute atomic E-state index is 0.884. The largest absolute Gasteiger partial charge is 0.273 e. The molecule has 0 bridgehead atoms. The molecule has 2 aromatic rings. The molecule has 16 heavy (non-hydrogen) atoms. The van der Waals surface area contributed by atoms with Crippen molar-refractivity contribution in [2.45, 2.75) is 9.45 Å². The topological polar surface area (TPSA) is 29.7 Å². The number of halogens is 2. The van der Waals surface area contributed by atoms with Crippen LogP contribution in [0.15, 0.2) is 21.8 Å². The van der Waals surface area contributed by atoms with Gasteiger partial charge in [-0.1, -0.05) is 39.3 Å². The van der Waals surface area contributed by atoms with Crippen LogP contribution in [0.4, 0.5) is 0 Å². The molecule has 2 heterocycles. The minimum Gasteiger partial charge on any atom is -0.232 e. The number of rotatable bonds is 2. The molecule has 2 aromatic heterocycles. The first kappa shape index (κ1) is 12.5. The summed E-state index contributed by atoms with van der Waals surface area (Å²) in [5, 5.41) is 2.13. The highest BCUT2D eigenvalue weighted by Crippen LogP contribution is 2.24. The van der Waals surface area contributed by atoms with E-state index in [-0.39, 0.29) is 0 Å². The molecule has 3 nitrogen and oxygen atoms in total. The second-order valence-corrected chi connectivity index (χ2v) is 5.73. The summed E-state index contributed by atoms with van der Waals surface area (Å²) >= 11 is 7.42. The van der Waals surface area contributed by atoms with E-state index >= 15 is 0 Å². The van der Waals surface area contributed by atoms with Crippen LogP contribution < -0.4 is 4.57 Å². The van der Waals surface area contributed by atoms with Crippen LogP contribution in [-0.2, 0) is 11.5 Å². The lowest BCUT2D eigenvalue weighted by molar-refractivity contribution is -0.657. The molecule has 0 amide bonds. The number of thioether (sulfide) groups is 1. The van der Waals surface area contributed by atoms with Crippen LogP contribution in [0, 0.1) is 0 Å². The van der Waals surface area contributed by atoms with E-state index < -0.39 is 0 Å². The summed E-state index contributed by atoms with van der Waals surface area (Å²) in [6.45, 7) is 0. The van der Waals surface area contributed by atoms with Crippen molar-refractivity contribution in [3.05, 3.63) is 22.6 Å². The number of pyridine rings is 1. The molecule has 0 spiro atoms. The molecule has 0 aliphatic carbocycles. The third-order valence-corrected chi connectivity index (χ3v) is 4.13. The van der Waals surface area contributed by atoms with Gasteiger partial charge in [-0.25, -0.2) is 4.57 Å². The quantitative estimate of drug-likeness (QED) is 0.250. The Hall–Kier alpha value is 0.0500. The van der Waals surface area contributed by atoms with Gasteiger partial charge in [-0.05, 0) is 28.3 Å². The smallest absolute Gasteiger partial charge is 0.232 e. The number of alkyl halides is 1. The molecular formula is C10H10BrIN3S+. The van der Waals surface area contributed by atoms with E-state index in [0.717, 1.165) is 30.8 Å². The Morgan fingerprint density at radius 2 is 2.31 bits per heavy atom. The van der Waals surface area contributed by atoms with Gasteiger partial charge in [-0.15, -0.1) is 4.98 Å². The fourth-order valence-corrected chi connectivity index (χ4v) is 3.09. The Kier molecular flexibility index (Phi) is 4.01. The van der Waals surface area contributed by atoms with Crippen molar-refractivity contribution in [1.82, 2.24) is 9.97 Å². The fraction of sp³-hybridized carbons (Fsp3) is 0.300. The summed E-state index contributed by atoms with van der Waals surface area (Å²) in [5.74, 6) is 1.05. The van der Waals surface area contributed by atoms with Crippen molar-refractivity contribution in [2.24, 2.45) is 7.05 Å². The van der Waals surface area contributed by atoms with E-state index in [9.17, 15) is 0 Å². The molecule has 0 aliphatic heterocycles. The lowest BCUT2D eigenvalue weighted by Gasteiger charge is -2.04. The average Bonchev–Trinajstić information content (AvgIpc) is 2.29. The Morgan fingerprint density at radius 1 is 1.56 bits per heavy atom. The zero-order valence-corrected chi connectivity index (χ0v) is 13.4. The monoisotopic (exact) mass is 410 g/mol. The van der Waals surface area contributed by atoms with Crippen LogP contribution in [0.25, 0.3) is 11.0 Å². The van der Waals surface area contributed by atoms with Crippen LogP contribution >= 0.6 is 50.3 Å². The summed E-state index contributed by atoms with van der Waals surface area (Å²) in [6, 6.07) is 2.07. The van der Waals surface area contributed by atoms with Gasteiger partial charge < -0.3 is 0 Å². The van der Waals surface area contributed by atoms with Crippen LogP contribution in [0.5, 0.6) is 0 Å². The van der Waals surface area contributed by atoms with Crippen molar-refractivity contribution in [1.29, 1.82) is 0 Å². The van der Waals surface area contributed by atoms with E-state index in [4.69, 9.17) is 0 Å². The maximum atomic E-state index is 4.64. The Labute approximate surface area is 120 Å². The van der Waals surface area contributed by atoms with Gasteiger partial charge in [-0.3, -0.25) is 0 Å². The fourth-order valence-electron chi connectivity index (χ4n) is 1.51. The molecule has 0 aromatic carbocycles. The lowest BCUT2D eigenvalue weighted by Crippen LogP contribution is -2.36. The number of aryl methyl sites for hydroxylation is 1. The molecule has 0 aliphatic rings. The molecule has 0 fully saturated rings. The van der Waals surface area contributed by atoms with E-state index in [2.05, 4.69) is 54.6 Å². The SMILES string of the molecule is CSc1nc(CI)[n+](C)c2ncc(Br)cc12. The second kappa shape index (κ2) is 5.14. The minimum atomic E-state index is 0.884. The molecule has 6 heteroatoms. The Bertz CT molecular complexity index is 547. The first-order chi connectivity index (χ1) is 7.67. The van der Waals surface area contributed by atoms with E-state index in [1.165, 1.54) is 0 Å². The standard InChI is InChI=1S/C10H10BrIN3S/c1-15-8(4-12)14-10(16-2)7-3-6(11)5-13-9(7)15/h3,5H,4H2,1-2H3/q+1. The molecule has 0 N–H and O–H groups in total. The van der Waals surface area contributed by atoms with E-state index in [1.54, 1.807) is 11.8 Å². The number of hydrogen-bond acceptors (Lipinski definition) is 3. The van der Waals surface area contributed by atoms with E-state index in [1.807, 2.05) is 24.1 Å². The Morgan fingerprint density at radius 3 is 2.94 bits per heavy atom. The summed E-state index contributed by atoms with van der Waals surface area (Å²) in [6.07, 6.45) is 3.86. The van der Waals surface area contributed by atoms with Crippen molar-refractivity contribution >= 4 is 61.3 Å². The molecular weight excluding hydrogens is 401 g/mol. The summed E-state index contributed by atoms with van der Waals surface area (Å²) in [7, 11) is 2.01. The van der Waals surface area contributed by atoms with Gasteiger partial charge in [0.15, 0.2) is 5.03 Å². The molecule has 0 saturated heterocycles. The predicted molar refractivity (Wildman–Crippen MR) is 77.9 cm³/mol. The predicted octanol–water partition coefficient (Wildman–Crippen LogP) is 2.87. The highest BCUT2D eigenvalue weighted by atomic mass is 127. The van der Waals surface area contributed by atoms with Crippen LogP contribution in [-0.4, -0.2) is 16.2 Å². The summed E-state index contributed by atoms with van der Waals surface area (Å²) < 4.78 is 3.92. The highest BCUT2D eigenvalue weighted by Gasteiger charge is 2.17. The number of nitrogens with zero attached hydrogens (tertiary/aromatic N) is 3. The molecule has 0 unspecified atom stereocenters. The highest BCUT2D eigenvalue weighted by molar-refractivity contribution is 14.1. The number of aromatic nitrogens is 3. The van der Waals surface area contributed by atoms with Gasteiger partial charge >= 0.3 is 0 Å². The lowest BCUT2D eigenvalue weighted by atomic mass is 10.3. The van der Waals surface area contributed by atoms with Crippen molar-refractivity contribution in [3.63, 3.8) is 0 Å². The molecule has 0 atom stereocenters. The van der Waals surface area contributed by atoms with Crippen molar-refractivity contribution < 1.29 is 4.57 Å². The van der Waals surface area contributed by atoms with Gasteiger partial charge in [0, 0.05) is 0 Å². The molecule has 0 saturated carbocycles. The maximum absolute atomic E-state index is 4.64. The number of hydrogen-bond donors (Lipinski definition) is 0. The van der Waals surface area contributed by atoms with E-state index in [0.29, 0.717) is 0 Å². The molecule has 2 rings (SSSR count). The normalized spacial score (nSPS) is 11.0. The summed E-state index contributed by atoms with van der Waals surface area (Å²) in [5.41, 5.74) is 0.981. The zero-order valence-electron chi connectivity index (χ0n) is 8.87. The Balaban J connectivity index is 2.85. The van der Waals surface area contributed by atoms with Crippen LogP contribution in [0.1, 0.15) is 5.82 Å². The van der Waals surface area contributed by atoms with Crippen LogP contribution in [0.3, 0.4) is 0 Å². The third-order valence-electron chi connectivity index (χ3n) is 2.31. The van der Waals surface area contributed by atoms with Gasteiger partial charge in [0.1, 0.15) is 11.6 Å². The third kappa shape index (κ3) is 2.19. The van der Waals surface area contributed by atoms with Crippen LogP contribution in [0.2, 0.25) is 0 Å². The first-order valence-electron chi connectivity index (χ1n) is 4.61. The van der Waals surface area contributed by atoms with Gasteiger partial charge in [0.05, 0.1) is 15.9 Å². The van der Waals surface area contributed by atoms with Crippen molar-refractivity contribution in [2.75, 3.05) is 6.26 Å². The number of fused-ring (bicyclic) bond motifs is 1. The maximum Gasteiger partial charge on any atom is 0.273 e. The van der Waals surface area contributed by atoms with Gasteiger partial charge in [-0.2, -0.15) is 0 Å². The second-order valence-electron chi connectivity index (χ2n) is 3.25. The first-order valence-corrected chi connectivity index (χ1v) is 8.15. The average molecular weight is 411 g/mol. The van der Waals surface area contributed by atoms with Crippen molar-refractivity contribution in [3.8, 4) is 0 Å². The summed E-state index contributed by atoms with van der Waals surface area (Å²) in [4.78, 5) is 9.09. The van der Waals surface area contributed by atoms with Gasteiger partial charge in [0.2, 0.25) is 5.82 Å². The van der Waals surface area contributed by atoms with Gasteiger partial charge in [0.25, 0.3) is 5.65 Å².